The van der Waals surface area contributed by atoms with Gasteiger partial charge in [-0.3, -0.25) is 9.59 Å². The van der Waals surface area contributed by atoms with Gasteiger partial charge in [-0.05, 0) is 17.0 Å². The first-order chi connectivity index (χ1) is 11.7. The van der Waals surface area contributed by atoms with Crippen molar-refractivity contribution in [2.45, 2.75) is 6.54 Å². The summed E-state index contributed by atoms with van der Waals surface area (Å²) < 4.78 is 1.70. The normalized spacial score (nSPS) is 10.3. The number of nitrogens with zero attached hydrogens (tertiary/aromatic N) is 2. The molecule has 0 fully saturated rings. The third kappa shape index (κ3) is 4.08. The van der Waals surface area contributed by atoms with Crippen LogP contribution in [0.3, 0.4) is 0 Å². The average molecular weight is 340 g/mol. The van der Waals surface area contributed by atoms with Gasteiger partial charge in [0.15, 0.2) is 0 Å². The van der Waals surface area contributed by atoms with E-state index in [9.17, 15) is 9.59 Å². The highest BCUT2D eigenvalue weighted by Gasteiger charge is 2.10. The number of carbonyl (C=O) groups is 2. The summed E-state index contributed by atoms with van der Waals surface area (Å²) in [5.41, 5.74) is 1.64. The van der Waals surface area contributed by atoms with Crippen LogP contribution in [0.25, 0.3) is 0 Å². The molecule has 122 valence electrons. The number of thiophene rings is 1. The van der Waals surface area contributed by atoms with E-state index < -0.39 is 0 Å². The number of amides is 2. The molecule has 6 nitrogen and oxygen atoms in total. The molecule has 0 atom stereocenters. The summed E-state index contributed by atoms with van der Waals surface area (Å²) in [7, 11) is 0. The van der Waals surface area contributed by atoms with Gasteiger partial charge in [0.1, 0.15) is 5.82 Å². The molecule has 24 heavy (non-hydrogen) atoms. The molecular weight excluding hydrogens is 324 g/mol. The molecule has 0 unspecified atom stereocenters. The van der Waals surface area contributed by atoms with E-state index in [1.54, 1.807) is 28.4 Å². The fraction of sp³-hybridized carbons (Fsp3) is 0.118. The number of hydrogen-bond donors (Lipinski definition) is 2. The van der Waals surface area contributed by atoms with Gasteiger partial charge in [0, 0.05) is 17.0 Å². The van der Waals surface area contributed by atoms with Crippen LogP contribution in [0.2, 0.25) is 0 Å². The number of benzene rings is 1. The van der Waals surface area contributed by atoms with Gasteiger partial charge in [-0.15, -0.1) is 0 Å². The molecule has 7 heteroatoms. The molecule has 2 aromatic heterocycles. The Morgan fingerprint density at radius 1 is 1.12 bits per heavy atom. The first-order valence-corrected chi connectivity index (χ1v) is 8.32. The molecule has 0 radical (unpaired) electrons. The molecule has 0 aliphatic rings. The molecule has 3 aromatic rings. The summed E-state index contributed by atoms with van der Waals surface area (Å²) in [6.45, 7) is 0.468. The zero-order chi connectivity index (χ0) is 16.8. The van der Waals surface area contributed by atoms with Gasteiger partial charge in [0.25, 0.3) is 5.91 Å². The van der Waals surface area contributed by atoms with Crippen LogP contribution in [-0.2, 0) is 11.3 Å². The summed E-state index contributed by atoms with van der Waals surface area (Å²) in [6, 6.07) is 13.3. The number of carbonyl (C=O) groups excluding carboxylic acids is 2. The van der Waals surface area contributed by atoms with Crippen LogP contribution in [0.1, 0.15) is 15.9 Å². The summed E-state index contributed by atoms with van der Waals surface area (Å²) >= 11 is 1.44. The summed E-state index contributed by atoms with van der Waals surface area (Å²) in [6.07, 6.45) is 1.63. The molecule has 0 saturated heterocycles. The van der Waals surface area contributed by atoms with Crippen molar-refractivity contribution in [2.24, 2.45) is 0 Å². The van der Waals surface area contributed by atoms with Gasteiger partial charge in [-0.25, -0.2) is 4.68 Å². The molecule has 2 amide bonds. The number of hydrogen-bond acceptors (Lipinski definition) is 4. The Kier molecular flexibility index (Phi) is 5.02. The second-order valence-corrected chi connectivity index (χ2v) is 5.88. The van der Waals surface area contributed by atoms with E-state index >= 15 is 0 Å². The first-order valence-electron chi connectivity index (χ1n) is 7.38. The lowest BCUT2D eigenvalue weighted by atomic mass is 10.2. The van der Waals surface area contributed by atoms with Crippen molar-refractivity contribution in [2.75, 3.05) is 11.9 Å². The predicted octanol–water partition coefficient (Wildman–Crippen LogP) is 2.36. The standard InChI is InChI=1S/C17H16N4O2S/c22-16(10-18-17(23)14-7-9-24-12-14)20-15-6-8-19-21(15)11-13-4-2-1-3-5-13/h1-9,12H,10-11H2,(H,18,23)(H,20,22). The largest absolute Gasteiger partial charge is 0.343 e. The maximum atomic E-state index is 12.0. The minimum Gasteiger partial charge on any atom is -0.343 e. The lowest BCUT2D eigenvalue weighted by Gasteiger charge is -2.09. The third-order valence-corrected chi connectivity index (χ3v) is 4.04. The SMILES string of the molecule is O=C(CNC(=O)c1ccsc1)Nc1ccnn1Cc1ccccc1. The van der Waals surface area contributed by atoms with E-state index in [0.717, 1.165) is 5.56 Å². The Balaban J connectivity index is 1.55. The molecular formula is C17H16N4O2S. The maximum absolute atomic E-state index is 12.0. The zero-order valence-corrected chi connectivity index (χ0v) is 13.6. The minimum absolute atomic E-state index is 0.0921. The topological polar surface area (TPSA) is 76.0 Å². The fourth-order valence-corrected chi connectivity index (χ4v) is 2.80. The number of rotatable bonds is 6. The smallest absolute Gasteiger partial charge is 0.252 e. The van der Waals surface area contributed by atoms with E-state index in [-0.39, 0.29) is 18.4 Å². The first kappa shape index (κ1) is 15.9. The Hall–Kier alpha value is -2.93. The molecule has 2 heterocycles. The second-order valence-electron chi connectivity index (χ2n) is 5.10. The van der Waals surface area contributed by atoms with Crippen LogP contribution in [0.5, 0.6) is 0 Å². The molecule has 1 aromatic carbocycles. The molecule has 0 spiro atoms. The van der Waals surface area contributed by atoms with Gasteiger partial charge in [0.2, 0.25) is 5.91 Å². The van der Waals surface area contributed by atoms with E-state index in [1.165, 1.54) is 11.3 Å². The van der Waals surface area contributed by atoms with Crippen molar-refractivity contribution in [1.82, 2.24) is 15.1 Å². The zero-order valence-electron chi connectivity index (χ0n) is 12.8. The van der Waals surface area contributed by atoms with Gasteiger partial charge < -0.3 is 10.6 Å². The Bertz CT molecular complexity index is 812. The molecule has 0 aliphatic heterocycles. The van der Waals surface area contributed by atoms with Gasteiger partial charge in [-0.1, -0.05) is 30.3 Å². The molecule has 0 bridgehead atoms. The van der Waals surface area contributed by atoms with Crippen LogP contribution in [0.15, 0.2) is 59.4 Å². The van der Waals surface area contributed by atoms with Crippen LogP contribution < -0.4 is 10.6 Å². The second kappa shape index (κ2) is 7.56. The third-order valence-electron chi connectivity index (χ3n) is 3.35. The number of anilines is 1. The maximum Gasteiger partial charge on any atom is 0.252 e. The van der Waals surface area contributed by atoms with Crippen LogP contribution in [-0.4, -0.2) is 28.1 Å². The number of nitrogens with one attached hydrogen (secondary N) is 2. The highest BCUT2D eigenvalue weighted by atomic mass is 32.1. The average Bonchev–Trinajstić information content (AvgIpc) is 3.26. The van der Waals surface area contributed by atoms with Crippen molar-refractivity contribution < 1.29 is 9.59 Å². The van der Waals surface area contributed by atoms with E-state index in [2.05, 4.69) is 15.7 Å². The van der Waals surface area contributed by atoms with E-state index in [4.69, 9.17) is 0 Å². The van der Waals surface area contributed by atoms with Crippen LogP contribution >= 0.6 is 11.3 Å². The predicted molar refractivity (Wildman–Crippen MR) is 93.1 cm³/mol. The Morgan fingerprint density at radius 3 is 2.71 bits per heavy atom. The van der Waals surface area contributed by atoms with Crippen molar-refractivity contribution in [3.8, 4) is 0 Å². The van der Waals surface area contributed by atoms with Crippen molar-refractivity contribution >= 4 is 29.0 Å². The monoisotopic (exact) mass is 340 g/mol. The Labute approximate surface area is 143 Å². The van der Waals surface area contributed by atoms with Crippen LogP contribution in [0.4, 0.5) is 5.82 Å². The summed E-state index contributed by atoms with van der Waals surface area (Å²) in [5.74, 6) is 0.0335. The summed E-state index contributed by atoms with van der Waals surface area (Å²) in [5, 5.41) is 13.1. The fourth-order valence-electron chi connectivity index (χ4n) is 2.16. The summed E-state index contributed by atoms with van der Waals surface area (Å²) in [4.78, 5) is 23.8. The van der Waals surface area contributed by atoms with E-state index in [1.807, 2.05) is 35.7 Å². The van der Waals surface area contributed by atoms with Crippen molar-refractivity contribution in [3.63, 3.8) is 0 Å². The van der Waals surface area contributed by atoms with Crippen molar-refractivity contribution in [1.29, 1.82) is 0 Å². The van der Waals surface area contributed by atoms with Crippen LogP contribution in [0, 0.1) is 0 Å². The lowest BCUT2D eigenvalue weighted by molar-refractivity contribution is -0.115. The molecule has 0 saturated carbocycles. The highest BCUT2D eigenvalue weighted by molar-refractivity contribution is 7.08. The molecule has 2 N–H and O–H groups in total. The Morgan fingerprint density at radius 2 is 1.96 bits per heavy atom. The van der Waals surface area contributed by atoms with Gasteiger partial charge in [-0.2, -0.15) is 16.4 Å². The van der Waals surface area contributed by atoms with Gasteiger partial charge in [0.05, 0.1) is 19.3 Å². The minimum atomic E-state index is -0.298. The van der Waals surface area contributed by atoms with Crippen molar-refractivity contribution in [3.05, 3.63) is 70.5 Å². The van der Waals surface area contributed by atoms with Gasteiger partial charge >= 0.3 is 0 Å². The quantitative estimate of drug-likeness (QED) is 0.723. The lowest BCUT2D eigenvalue weighted by Crippen LogP contribution is -2.33. The van der Waals surface area contributed by atoms with E-state index in [0.29, 0.717) is 17.9 Å². The molecule has 0 aliphatic carbocycles. The number of aromatic nitrogens is 2. The molecule has 3 rings (SSSR count). The highest BCUT2D eigenvalue weighted by Crippen LogP contribution is 2.10.